The Morgan fingerprint density at radius 3 is 2.06 bits per heavy atom. The predicted octanol–water partition coefficient (Wildman–Crippen LogP) is -0.716. The van der Waals surface area contributed by atoms with E-state index in [0.29, 0.717) is 0 Å². The lowest BCUT2D eigenvalue weighted by Gasteiger charge is -2.20. The van der Waals surface area contributed by atoms with Crippen LogP contribution in [-0.4, -0.2) is 39.6 Å². The highest BCUT2D eigenvalue weighted by Crippen LogP contribution is 2.08. The van der Waals surface area contributed by atoms with Gasteiger partial charge in [-0.05, 0) is 0 Å². The summed E-state index contributed by atoms with van der Waals surface area (Å²) >= 11 is 0. The van der Waals surface area contributed by atoms with Gasteiger partial charge in [-0.2, -0.15) is 0 Å². The second-order valence-electron chi connectivity index (χ2n) is 4.64. The van der Waals surface area contributed by atoms with Gasteiger partial charge < -0.3 is 4.55 Å². The molecule has 0 aromatic rings. The summed E-state index contributed by atoms with van der Waals surface area (Å²) in [6.07, 6.45) is 1.17. The van der Waals surface area contributed by atoms with Crippen LogP contribution in [0, 0.1) is 5.41 Å². The monoisotopic (exact) mass is 283 g/mol. The minimum atomic E-state index is -4.41. The summed E-state index contributed by atoms with van der Waals surface area (Å²) in [6, 6.07) is 0. The molecule has 0 saturated carbocycles. The quantitative estimate of drug-likeness (QED) is 0.317. The molecule has 0 rings (SSSR count). The zero-order valence-electron chi connectivity index (χ0n) is 11.3. The minimum Gasteiger partial charge on any atom is -0.726 e. The minimum absolute atomic E-state index is 0.158. The van der Waals surface area contributed by atoms with E-state index in [2.05, 4.69) is 31.5 Å². The maximum absolute atomic E-state index is 10.7. The SMILES string of the molecule is C=CC(=O)O[NH+](C)CC(C)(C)C.COS(=O)(=O)[O-]. The fraction of sp³-hybridized carbons (Fsp3) is 0.700. The average Bonchev–Trinajstić information content (AvgIpc) is 2.14. The van der Waals surface area contributed by atoms with E-state index in [4.69, 9.17) is 4.84 Å². The number of hydrogen-bond acceptors (Lipinski definition) is 6. The number of hydroxylamine groups is 2. The van der Waals surface area contributed by atoms with Gasteiger partial charge >= 0.3 is 5.97 Å². The van der Waals surface area contributed by atoms with Crippen molar-refractivity contribution in [1.82, 2.24) is 0 Å². The van der Waals surface area contributed by atoms with Crippen molar-refractivity contribution in [3.63, 3.8) is 0 Å². The van der Waals surface area contributed by atoms with Crippen molar-refractivity contribution in [3.8, 4) is 0 Å². The van der Waals surface area contributed by atoms with Crippen molar-refractivity contribution in [1.29, 1.82) is 0 Å². The first-order chi connectivity index (χ1) is 7.91. The summed E-state index contributed by atoms with van der Waals surface area (Å²) in [5.74, 6) is -0.378. The summed E-state index contributed by atoms with van der Waals surface area (Å²) in [4.78, 5) is 15.7. The van der Waals surface area contributed by atoms with Crippen LogP contribution in [0.2, 0.25) is 0 Å². The maximum Gasteiger partial charge on any atom is 0.389 e. The molecular weight excluding hydrogens is 262 g/mol. The summed E-state index contributed by atoms with van der Waals surface area (Å²) in [5.41, 5.74) is 0.158. The summed E-state index contributed by atoms with van der Waals surface area (Å²) in [6.45, 7) is 10.4. The molecule has 108 valence electrons. The van der Waals surface area contributed by atoms with Crippen molar-refractivity contribution in [2.75, 3.05) is 20.7 Å². The first-order valence-corrected chi connectivity index (χ1v) is 6.42. The molecule has 1 atom stereocenters. The number of carbonyl (C=O) groups excluding carboxylic acids is 1. The highest BCUT2D eigenvalue weighted by Gasteiger charge is 2.19. The molecule has 0 spiro atoms. The molecule has 0 bridgehead atoms. The second-order valence-corrected chi connectivity index (χ2v) is 5.79. The van der Waals surface area contributed by atoms with E-state index in [1.165, 1.54) is 6.08 Å². The molecule has 1 unspecified atom stereocenters. The second kappa shape index (κ2) is 8.20. The third-order valence-electron chi connectivity index (χ3n) is 1.42. The molecule has 1 N–H and O–H groups in total. The van der Waals surface area contributed by atoms with Crippen LogP contribution in [0.25, 0.3) is 0 Å². The predicted molar refractivity (Wildman–Crippen MR) is 64.2 cm³/mol. The molecule has 0 aliphatic carbocycles. The molecule has 8 heteroatoms. The van der Waals surface area contributed by atoms with E-state index < -0.39 is 10.4 Å². The van der Waals surface area contributed by atoms with Gasteiger partial charge in [-0.1, -0.05) is 27.4 Å². The Bertz CT molecular complexity index is 357. The molecule has 18 heavy (non-hydrogen) atoms. The topological polar surface area (TPSA) is 97.2 Å². The highest BCUT2D eigenvalue weighted by molar-refractivity contribution is 7.80. The van der Waals surface area contributed by atoms with Gasteiger partial charge in [0.05, 0.1) is 7.11 Å². The van der Waals surface area contributed by atoms with Gasteiger partial charge in [0.25, 0.3) is 0 Å². The van der Waals surface area contributed by atoms with E-state index in [0.717, 1.165) is 18.7 Å². The zero-order valence-corrected chi connectivity index (χ0v) is 12.2. The largest absolute Gasteiger partial charge is 0.726 e. The zero-order chi connectivity index (χ0) is 15.0. The van der Waals surface area contributed by atoms with Crippen molar-refractivity contribution in [2.24, 2.45) is 5.41 Å². The number of carbonyl (C=O) groups is 1. The van der Waals surface area contributed by atoms with Crippen LogP contribution < -0.4 is 5.06 Å². The van der Waals surface area contributed by atoms with Crippen molar-refractivity contribution in [2.45, 2.75) is 20.8 Å². The maximum atomic E-state index is 10.7. The number of rotatable bonds is 4. The molecule has 7 nitrogen and oxygen atoms in total. The summed E-state index contributed by atoms with van der Waals surface area (Å²) < 4.78 is 31.0. The van der Waals surface area contributed by atoms with Crippen LogP contribution >= 0.6 is 0 Å². The van der Waals surface area contributed by atoms with E-state index in [9.17, 15) is 17.8 Å². The van der Waals surface area contributed by atoms with Crippen LogP contribution in [0.15, 0.2) is 12.7 Å². The Labute approximate surface area is 108 Å². The molecule has 0 aliphatic rings. The Balaban J connectivity index is 0. The molecule has 0 aromatic heterocycles. The van der Waals surface area contributed by atoms with Crippen LogP contribution in [0.4, 0.5) is 0 Å². The van der Waals surface area contributed by atoms with Crippen LogP contribution in [0.1, 0.15) is 20.8 Å². The lowest BCUT2D eigenvalue weighted by Crippen LogP contribution is -3.09. The normalized spacial score (nSPS) is 13.0. The van der Waals surface area contributed by atoms with Crippen molar-refractivity contribution in [3.05, 3.63) is 12.7 Å². The fourth-order valence-electron chi connectivity index (χ4n) is 0.996. The standard InChI is InChI=1S/C9H17NO2.CH4O4S/c1-6-8(11)12-10(5)7-9(2,3)4;1-5-6(2,3)4/h6H,1,7H2,2-5H3;1H3,(H,2,3,4). The molecule has 0 fully saturated rings. The van der Waals surface area contributed by atoms with Gasteiger partial charge in [-0.25, -0.2) is 13.2 Å². The Kier molecular flexibility index (Phi) is 8.83. The van der Waals surface area contributed by atoms with E-state index in [1.54, 1.807) is 0 Å². The smallest absolute Gasteiger partial charge is 0.389 e. The van der Waals surface area contributed by atoms with Gasteiger partial charge in [-0.3, -0.25) is 9.02 Å². The van der Waals surface area contributed by atoms with Crippen molar-refractivity contribution >= 4 is 16.4 Å². The lowest BCUT2D eigenvalue weighted by atomic mass is 9.97. The molecular formula is C10H21NO6S. The van der Waals surface area contributed by atoms with Crippen LogP contribution in [-0.2, 0) is 24.2 Å². The van der Waals surface area contributed by atoms with Gasteiger partial charge in [0.1, 0.15) is 13.6 Å². The Morgan fingerprint density at radius 1 is 1.44 bits per heavy atom. The van der Waals surface area contributed by atoms with E-state index in [1.807, 2.05) is 7.05 Å². The molecule has 0 saturated heterocycles. The van der Waals surface area contributed by atoms with Crippen LogP contribution in [0.3, 0.4) is 0 Å². The van der Waals surface area contributed by atoms with Crippen LogP contribution in [0.5, 0.6) is 0 Å². The summed E-state index contributed by atoms with van der Waals surface area (Å²) in [5, 5.41) is 0.743. The fourth-order valence-corrected chi connectivity index (χ4v) is 0.996. The van der Waals surface area contributed by atoms with Gasteiger partial charge in [0.15, 0.2) is 0 Å². The number of hydrogen-bond donors (Lipinski definition) is 1. The third-order valence-corrected chi connectivity index (χ3v) is 1.83. The molecule has 0 radical (unpaired) electrons. The summed E-state index contributed by atoms with van der Waals surface area (Å²) in [7, 11) is -1.79. The Morgan fingerprint density at radius 2 is 1.83 bits per heavy atom. The number of quaternary nitrogens is 1. The van der Waals surface area contributed by atoms with Gasteiger partial charge in [-0.15, -0.1) is 5.06 Å². The highest BCUT2D eigenvalue weighted by atomic mass is 32.3. The first kappa shape index (κ1) is 19.4. The number of nitrogens with one attached hydrogen (secondary N) is 1. The lowest BCUT2D eigenvalue weighted by molar-refractivity contribution is -1.06. The van der Waals surface area contributed by atoms with Gasteiger partial charge in [0, 0.05) is 11.5 Å². The molecule has 0 aromatic carbocycles. The van der Waals surface area contributed by atoms with Gasteiger partial charge in [0.2, 0.25) is 10.4 Å². The third kappa shape index (κ3) is 17.4. The van der Waals surface area contributed by atoms with E-state index in [-0.39, 0.29) is 11.4 Å². The van der Waals surface area contributed by atoms with Crippen molar-refractivity contribution < 1.29 is 31.8 Å². The molecule has 0 amide bonds. The average molecular weight is 283 g/mol. The molecule has 0 heterocycles. The molecule has 0 aliphatic heterocycles. The Hall–Kier alpha value is -0.960. The van der Waals surface area contributed by atoms with E-state index >= 15 is 0 Å². The first-order valence-electron chi connectivity index (χ1n) is 5.09.